The number of hydrogen-bond acceptors (Lipinski definition) is 5. The Kier molecular flexibility index (Phi) is 4.41. The van der Waals surface area contributed by atoms with Crippen molar-refractivity contribution in [1.82, 2.24) is 4.40 Å². The summed E-state index contributed by atoms with van der Waals surface area (Å²) in [6.07, 6.45) is 2.92. The maximum absolute atomic E-state index is 13.4. The molecule has 4 heterocycles. The second-order valence-corrected chi connectivity index (χ2v) is 10.7. The molecule has 0 spiro atoms. The van der Waals surface area contributed by atoms with Crippen molar-refractivity contribution in [2.45, 2.75) is 25.2 Å². The van der Waals surface area contributed by atoms with Gasteiger partial charge in [-0.2, -0.15) is 11.3 Å². The van der Waals surface area contributed by atoms with Crippen LogP contribution in [0.5, 0.6) is 0 Å². The van der Waals surface area contributed by atoms with Gasteiger partial charge in [-0.1, -0.05) is 42.5 Å². The molecule has 0 saturated heterocycles. The summed E-state index contributed by atoms with van der Waals surface area (Å²) >= 11 is 3.09. The van der Waals surface area contributed by atoms with E-state index in [0.717, 1.165) is 33.5 Å². The Morgan fingerprint density at radius 1 is 0.971 bits per heavy atom. The molecule has 166 valence electrons. The highest BCUT2D eigenvalue weighted by Crippen LogP contribution is 2.46. The van der Waals surface area contributed by atoms with Gasteiger partial charge in [-0.15, -0.1) is 11.3 Å². The van der Waals surface area contributed by atoms with Gasteiger partial charge in [0.2, 0.25) is 0 Å². The fourth-order valence-corrected chi connectivity index (χ4v) is 6.94. The molecule has 0 atom stereocenters. The number of aromatic nitrogens is 1. The molecule has 6 heteroatoms. The van der Waals surface area contributed by atoms with Crippen molar-refractivity contribution in [3.05, 3.63) is 109 Å². The molecule has 6 aromatic rings. The first-order valence-corrected chi connectivity index (χ1v) is 13.1. The van der Waals surface area contributed by atoms with E-state index in [-0.39, 0.29) is 5.56 Å². The normalized spacial score (nSPS) is 13.9. The first-order valence-electron chi connectivity index (χ1n) is 11.3. The molecule has 7 rings (SSSR count). The van der Waals surface area contributed by atoms with E-state index in [9.17, 15) is 9.59 Å². The molecule has 0 amide bonds. The Morgan fingerprint density at radius 3 is 2.65 bits per heavy atom. The number of rotatable bonds is 4. The van der Waals surface area contributed by atoms with Gasteiger partial charge in [-0.25, -0.2) is 4.79 Å². The van der Waals surface area contributed by atoms with Crippen LogP contribution in [-0.2, 0) is 6.42 Å². The van der Waals surface area contributed by atoms with Crippen LogP contribution in [0.15, 0.2) is 85.4 Å². The van der Waals surface area contributed by atoms with Crippen molar-refractivity contribution in [2.24, 2.45) is 0 Å². The minimum absolute atomic E-state index is 0.170. The van der Waals surface area contributed by atoms with E-state index in [1.165, 1.54) is 33.2 Å². The van der Waals surface area contributed by atoms with Crippen LogP contribution in [0.1, 0.15) is 35.4 Å². The fourth-order valence-electron chi connectivity index (χ4n) is 4.96. The third-order valence-corrected chi connectivity index (χ3v) is 8.48. The number of fused-ring (bicyclic) bond motifs is 4. The van der Waals surface area contributed by atoms with E-state index < -0.39 is 5.63 Å². The third kappa shape index (κ3) is 3.10. The van der Waals surface area contributed by atoms with Crippen LogP contribution in [0.2, 0.25) is 0 Å². The lowest BCUT2D eigenvalue weighted by Gasteiger charge is -2.12. The van der Waals surface area contributed by atoms with E-state index in [0.29, 0.717) is 23.6 Å². The molecule has 2 aromatic carbocycles. The molecule has 1 saturated carbocycles. The monoisotopic (exact) mass is 481 g/mol. The molecule has 34 heavy (non-hydrogen) atoms. The van der Waals surface area contributed by atoms with E-state index in [1.807, 2.05) is 29.0 Å². The number of thiophene rings is 1. The van der Waals surface area contributed by atoms with Gasteiger partial charge in [0.05, 0.1) is 4.70 Å². The van der Waals surface area contributed by atoms with Gasteiger partial charge in [0.25, 0.3) is 5.56 Å². The minimum Gasteiger partial charge on any atom is -0.421 e. The lowest BCUT2D eigenvalue weighted by molar-refractivity contribution is 0.533. The van der Waals surface area contributed by atoms with Crippen LogP contribution in [-0.4, -0.2) is 4.40 Å². The zero-order valence-electron chi connectivity index (χ0n) is 18.1. The van der Waals surface area contributed by atoms with Crippen molar-refractivity contribution in [1.29, 1.82) is 0 Å². The van der Waals surface area contributed by atoms with Crippen LogP contribution in [0.4, 0.5) is 0 Å². The van der Waals surface area contributed by atoms with Gasteiger partial charge >= 0.3 is 5.63 Å². The Bertz CT molecular complexity index is 1830. The van der Waals surface area contributed by atoms with Crippen molar-refractivity contribution in [2.75, 3.05) is 0 Å². The topological polar surface area (TPSA) is 51.7 Å². The van der Waals surface area contributed by atoms with Crippen LogP contribution in [0.25, 0.3) is 37.1 Å². The number of benzene rings is 2. The van der Waals surface area contributed by atoms with Gasteiger partial charge in [0, 0.05) is 23.1 Å². The number of nitrogens with zero attached hydrogens (tertiary/aromatic N) is 1. The highest BCUT2D eigenvalue weighted by molar-refractivity contribution is 7.24. The lowest BCUT2D eigenvalue weighted by atomic mass is 9.95. The zero-order valence-corrected chi connectivity index (χ0v) is 19.7. The SMILES string of the molecule is O=c1oc(-c2ccsc2)cc2sc3c(C4CC4)c(Cc4cccc5ccccc45)cc(=O)n3c12. The summed E-state index contributed by atoms with van der Waals surface area (Å²) in [5.74, 6) is 0.972. The van der Waals surface area contributed by atoms with Crippen LogP contribution >= 0.6 is 22.7 Å². The van der Waals surface area contributed by atoms with E-state index in [4.69, 9.17) is 4.42 Å². The molecule has 4 nitrogen and oxygen atoms in total. The Labute approximate surface area is 202 Å². The maximum Gasteiger partial charge on any atom is 0.362 e. The predicted octanol–water partition coefficient (Wildman–Crippen LogP) is 6.82. The van der Waals surface area contributed by atoms with Crippen molar-refractivity contribution in [3.8, 4) is 11.3 Å². The smallest absolute Gasteiger partial charge is 0.362 e. The largest absolute Gasteiger partial charge is 0.421 e. The molecule has 1 aliphatic carbocycles. The number of hydrogen-bond donors (Lipinski definition) is 0. The Morgan fingerprint density at radius 2 is 1.82 bits per heavy atom. The molecule has 0 radical (unpaired) electrons. The van der Waals surface area contributed by atoms with Crippen molar-refractivity contribution in [3.63, 3.8) is 0 Å². The summed E-state index contributed by atoms with van der Waals surface area (Å²) < 4.78 is 8.02. The van der Waals surface area contributed by atoms with Gasteiger partial charge in [-0.3, -0.25) is 9.20 Å². The van der Waals surface area contributed by atoms with Crippen LogP contribution in [0, 0.1) is 0 Å². The van der Waals surface area contributed by atoms with Crippen molar-refractivity contribution >= 4 is 48.5 Å². The summed E-state index contributed by atoms with van der Waals surface area (Å²) in [6, 6.07) is 20.3. The average molecular weight is 482 g/mol. The van der Waals surface area contributed by atoms with Crippen LogP contribution in [0.3, 0.4) is 0 Å². The molecule has 0 unspecified atom stereocenters. The maximum atomic E-state index is 13.4. The standard InChI is InChI=1S/C28H19NO3S2/c30-24-13-20(12-18-6-3-5-16-4-1-2-7-21(16)18)25(17-8-9-17)27-29(24)26-23(34-27)14-22(32-28(26)31)19-10-11-33-15-19/h1-7,10-11,13-15,17H,8-9,12H2. The fraction of sp³-hybridized carbons (Fsp3) is 0.143. The quantitative estimate of drug-likeness (QED) is 0.278. The summed E-state index contributed by atoms with van der Waals surface area (Å²) in [5.41, 5.74) is 4.09. The average Bonchev–Trinajstić information content (AvgIpc) is 3.36. The van der Waals surface area contributed by atoms with Gasteiger partial charge in [0.1, 0.15) is 10.6 Å². The van der Waals surface area contributed by atoms with Crippen molar-refractivity contribution < 1.29 is 4.42 Å². The molecular formula is C28H19NO3S2. The molecule has 1 fully saturated rings. The molecule has 1 aliphatic rings. The number of pyridine rings is 1. The Hall–Kier alpha value is -3.48. The van der Waals surface area contributed by atoms with E-state index in [1.54, 1.807) is 21.8 Å². The summed E-state index contributed by atoms with van der Waals surface area (Å²) in [5, 5.41) is 6.33. The first-order chi connectivity index (χ1) is 16.7. The van der Waals surface area contributed by atoms with Crippen LogP contribution < -0.4 is 11.2 Å². The summed E-state index contributed by atoms with van der Waals surface area (Å²) in [6.45, 7) is 0. The predicted molar refractivity (Wildman–Crippen MR) is 140 cm³/mol. The van der Waals surface area contributed by atoms with Gasteiger partial charge in [-0.05, 0) is 64.1 Å². The highest BCUT2D eigenvalue weighted by atomic mass is 32.1. The molecule has 0 bridgehead atoms. The zero-order chi connectivity index (χ0) is 22.8. The molecule has 0 N–H and O–H groups in total. The number of thiazole rings is 1. The molecule has 0 aliphatic heterocycles. The van der Waals surface area contributed by atoms with E-state index >= 15 is 0 Å². The highest BCUT2D eigenvalue weighted by Gasteiger charge is 2.31. The third-order valence-electron chi connectivity index (χ3n) is 6.67. The Balaban J connectivity index is 1.48. The second-order valence-electron chi connectivity index (χ2n) is 8.88. The minimum atomic E-state index is -0.462. The van der Waals surface area contributed by atoms with E-state index in [2.05, 4.69) is 36.4 Å². The molecule has 4 aromatic heterocycles. The second kappa shape index (κ2) is 7.52. The van der Waals surface area contributed by atoms with Gasteiger partial charge in [0.15, 0.2) is 5.52 Å². The molecular weight excluding hydrogens is 462 g/mol. The van der Waals surface area contributed by atoms with Gasteiger partial charge < -0.3 is 4.42 Å². The summed E-state index contributed by atoms with van der Waals surface area (Å²) in [4.78, 5) is 27.3. The summed E-state index contributed by atoms with van der Waals surface area (Å²) in [7, 11) is 0. The first kappa shape index (κ1) is 19.9. The lowest BCUT2D eigenvalue weighted by Crippen LogP contribution is -2.18.